The number of nitrogens with one attached hydrogen (secondary N) is 2. The van der Waals surface area contributed by atoms with Gasteiger partial charge < -0.3 is 15.7 Å². The first-order valence-electron chi connectivity index (χ1n) is 9.07. The minimum atomic E-state index is -0.344. The van der Waals surface area contributed by atoms with Crippen LogP contribution in [0, 0.1) is 5.82 Å². The standard InChI is InChI=1S/C20H23FN4O3/c21-15-1-3-16(4-2-15)22-19(27)13-24-9-11-25(12-10-24)14-20(28)23-17-5-7-18(26)8-6-17/h1-8,26H,9-14H2,(H,22,27)(H,23,28). The third kappa shape index (κ3) is 6.04. The van der Waals surface area contributed by atoms with Crippen LogP contribution in [-0.4, -0.2) is 66.0 Å². The number of phenolic OH excluding ortho intramolecular Hbond substituents is 1. The highest BCUT2D eigenvalue weighted by molar-refractivity contribution is 5.92. The van der Waals surface area contributed by atoms with Gasteiger partial charge in [0.05, 0.1) is 13.1 Å². The molecule has 1 aliphatic rings. The van der Waals surface area contributed by atoms with Crippen LogP contribution < -0.4 is 10.6 Å². The molecule has 0 atom stereocenters. The van der Waals surface area contributed by atoms with Crippen LogP contribution in [0.25, 0.3) is 0 Å². The van der Waals surface area contributed by atoms with E-state index in [0.717, 1.165) is 0 Å². The van der Waals surface area contributed by atoms with Gasteiger partial charge >= 0.3 is 0 Å². The van der Waals surface area contributed by atoms with Crippen molar-refractivity contribution in [2.24, 2.45) is 0 Å². The number of halogens is 1. The highest BCUT2D eigenvalue weighted by Gasteiger charge is 2.20. The van der Waals surface area contributed by atoms with Gasteiger partial charge in [-0.2, -0.15) is 0 Å². The second-order valence-corrected chi connectivity index (χ2v) is 6.70. The van der Waals surface area contributed by atoms with E-state index < -0.39 is 0 Å². The lowest BCUT2D eigenvalue weighted by Gasteiger charge is -2.33. The van der Waals surface area contributed by atoms with E-state index in [4.69, 9.17) is 0 Å². The predicted octanol–water partition coefficient (Wildman–Crippen LogP) is 1.73. The largest absolute Gasteiger partial charge is 0.508 e. The fourth-order valence-electron chi connectivity index (χ4n) is 2.99. The third-order valence-corrected chi connectivity index (χ3v) is 4.48. The summed E-state index contributed by atoms with van der Waals surface area (Å²) in [7, 11) is 0. The van der Waals surface area contributed by atoms with Crippen molar-refractivity contribution in [2.45, 2.75) is 0 Å². The van der Waals surface area contributed by atoms with Crippen molar-refractivity contribution < 1.29 is 19.1 Å². The number of hydrogen-bond donors (Lipinski definition) is 3. The van der Waals surface area contributed by atoms with E-state index in [2.05, 4.69) is 10.6 Å². The summed E-state index contributed by atoms with van der Waals surface area (Å²) in [5, 5.41) is 14.8. The number of nitrogens with zero attached hydrogens (tertiary/aromatic N) is 2. The number of anilines is 2. The number of aromatic hydroxyl groups is 1. The molecule has 3 rings (SSSR count). The Labute approximate surface area is 162 Å². The number of carbonyl (C=O) groups excluding carboxylic acids is 2. The summed E-state index contributed by atoms with van der Waals surface area (Å²) in [6.07, 6.45) is 0. The molecule has 3 N–H and O–H groups in total. The molecule has 0 bridgehead atoms. The van der Waals surface area contributed by atoms with E-state index in [0.29, 0.717) is 37.6 Å². The van der Waals surface area contributed by atoms with Gasteiger partial charge in [0.2, 0.25) is 11.8 Å². The van der Waals surface area contributed by atoms with E-state index in [1.54, 1.807) is 12.1 Å². The molecule has 1 fully saturated rings. The van der Waals surface area contributed by atoms with Crippen molar-refractivity contribution in [3.05, 3.63) is 54.3 Å². The summed E-state index contributed by atoms with van der Waals surface area (Å²) in [6.45, 7) is 3.27. The van der Waals surface area contributed by atoms with Gasteiger partial charge in [-0.25, -0.2) is 4.39 Å². The molecule has 0 aromatic heterocycles. The van der Waals surface area contributed by atoms with Gasteiger partial charge in [0.15, 0.2) is 0 Å². The Morgan fingerprint density at radius 2 is 1.18 bits per heavy atom. The maximum Gasteiger partial charge on any atom is 0.238 e. The number of amides is 2. The average Bonchev–Trinajstić information content (AvgIpc) is 2.67. The first-order valence-corrected chi connectivity index (χ1v) is 9.07. The van der Waals surface area contributed by atoms with Crippen LogP contribution in [0.2, 0.25) is 0 Å². The lowest BCUT2D eigenvalue weighted by molar-refractivity contribution is -0.120. The van der Waals surface area contributed by atoms with Gasteiger partial charge in [0, 0.05) is 37.6 Å². The molecule has 0 spiro atoms. The van der Waals surface area contributed by atoms with Crippen LogP contribution in [0.4, 0.5) is 15.8 Å². The molecule has 2 aromatic rings. The monoisotopic (exact) mass is 386 g/mol. The first-order chi connectivity index (χ1) is 13.5. The summed E-state index contributed by atoms with van der Waals surface area (Å²) in [6, 6.07) is 12.0. The van der Waals surface area contributed by atoms with Crippen LogP contribution in [0.15, 0.2) is 48.5 Å². The Bertz CT molecular complexity index is 734. The number of piperazine rings is 1. The normalized spacial score (nSPS) is 15.2. The topological polar surface area (TPSA) is 84.9 Å². The lowest BCUT2D eigenvalue weighted by Crippen LogP contribution is -2.50. The average molecular weight is 386 g/mol. The van der Waals surface area contributed by atoms with Gasteiger partial charge in [-0.3, -0.25) is 19.4 Å². The number of benzene rings is 2. The minimum absolute atomic E-state index is 0.117. The SMILES string of the molecule is O=C(CN1CCN(CC(=O)Nc2ccc(F)cc2)CC1)Nc1ccc(O)cc1. The van der Waals surface area contributed by atoms with Crippen molar-refractivity contribution >= 4 is 23.2 Å². The second kappa shape index (κ2) is 9.29. The van der Waals surface area contributed by atoms with E-state index >= 15 is 0 Å². The smallest absolute Gasteiger partial charge is 0.238 e. The Hall–Kier alpha value is -2.97. The molecule has 7 nitrogen and oxygen atoms in total. The molecular formula is C20H23FN4O3. The van der Waals surface area contributed by atoms with Gasteiger partial charge in [-0.1, -0.05) is 0 Å². The van der Waals surface area contributed by atoms with E-state index in [-0.39, 0.29) is 36.5 Å². The van der Waals surface area contributed by atoms with Crippen molar-refractivity contribution in [3.63, 3.8) is 0 Å². The maximum atomic E-state index is 12.9. The highest BCUT2D eigenvalue weighted by atomic mass is 19.1. The Morgan fingerprint density at radius 1 is 0.786 bits per heavy atom. The van der Waals surface area contributed by atoms with Gasteiger partial charge in [0.1, 0.15) is 11.6 Å². The summed E-state index contributed by atoms with van der Waals surface area (Å²) in [4.78, 5) is 28.3. The Balaban J connectivity index is 1.37. The molecule has 2 aromatic carbocycles. The third-order valence-electron chi connectivity index (χ3n) is 4.48. The van der Waals surface area contributed by atoms with Crippen molar-refractivity contribution in [3.8, 4) is 5.75 Å². The van der Waals surface area contributed by atoms with Gasteiger partial charge in [-0.05, 0) is 48.5 Å². The molecule has 8 heteroatoms. The van der Waals surface area contributed by atoms with E-state index in [1.165, 1.54) is 36.4 Å². The first kappa shape index (κ1) is 19.8. The van der Waals surface area contributed by atoms with Gasteiger partial charge in [0.25, 0.3) is 0 Å². The zero-order valence-electron chi connectivity index (χ0n) is 15.4. The second-order valence-electron chi connectivity index (χ2n) is 6.70. The summed E-state index contributed by atoms with van der Waals surface area (Å²) < 4.78 is 12.9. The molecule has 0 saturated carbocycles. The lowest BCUT2D eigenvalue weighted by atomic mass is 10.2. The minimum Gasteiger partial charge on any atom is -0.508 e. The van der Waals surface area contributed by atoms with Crippen molar-refractivity contribution in [1.82, 2.24) is 9.80 Å². The van der Waals surface area contributed by atoms with Crippen LogP contribution in [0.5, 0.6) is 5.75 Å². The molecule has 148 valence electrons. The number of phenols is 1. The molecular weight excluding hydrogens is 363 g/mol. The van der Waals surface area contributed by atoms with E-state index in [9.17, 15) is 19.1 Å². The zero-order valence-corrected chi connectivity index (χ0v) is 15.4. The number of carbonyl (C=O) groups is 2. The maximum absolute atomic E-state index is 12.9. The molecule has 28 heavy (non-hydrogen) atoms. The molecule has 2 amide bonds. The number of hydrogen-bond acceptors (Lipinski definition) is 5. The quantitative estimate of drug-likeness (QED) is 0.659. The van der Waals surface area contributed by atoms with Crippen molar-refractivity contribution in [2.75, 3.05) is 49.9 Å². The van der Waals surface area contributed by atoms with Crippen molar-refractivity contribution in [1.29, 1.82) is 0 Å². The predicted molar refractivity (Wildman–Crippen MR) is 105 cm³/mol. The molecule has 1 aliphatic heterocycles. The molecule has 0 aliphatic carbocycles. The van der Waals surface area contributed by atoms with Crippen LogP contribution in [0.1, 0.15) is 0 Å². The van der Waals surface area contributed by atoms with Crippen LogP contribution in [0.3, 0.4) is 0 Å². The van der Waals surface area contributed by atoms with E-state index in [1.807, 2.05) is 9.80 Å². The van der Waals surface area contributed by atoms with Gasteiger partial charge in [-0.15, -0.1) is 0 Å². The summed E-state index contributed by atoms with van der Waals surface area (Å²) >= 11 is 0. The van der Waals surface area contributed by atoms with Crippen LogP contribution >= 0.6 is 0 Å². The fourth-order valence-corrected chi connectivity index (χ4v) is 2.99. The Morgan fingerprint density at radius 3 is 1.61 bits per heavy atom. The molecule has 0 radical (unpaired) electrons. The zero-order chi connectivity index (χ0) is 19.9. The number of rotatable bonds is 6. The van der Waals surface area contributed by atoms with Crippen LogP contribution in [-0.2, 0) is 9.59 Å². The summed E-state index contributed by atoms with van der Waals surface area (Å²) in [5.74, 6) is -0.459. The molecule has 1 saturated heterocycles. The highest BCUT2D eigenvalue weighted by Crippen LogP contribution is 2.14. The molecule has 1 heterocycles. The Kier molecular flexibility index (Phi) is 6.57. The fraction of sp³-hybridized carbons (Fsp3) is 0.300. The molecule has 0 unspecified atom stereocenters. The summed E-state index contributed by atoms with van der Waals surface area (Å²) in [5.41, 5.74) is 1.20.